The van der Waals surface area contributed by atoms with E-state index in [9.17, 15) is 18.0 Å². The molecule has 1 saturated heterocycles. The zero-order valence-electron chi connectivity index (χ0n) is 17.5. The number of carbonyl (C=O) groups excluding carboxylic acids is 1. The summed E-state index contributed by atoms with van der Waals surface area (Å²) in [5.74, 6) is 0. The van der Waals surface area contributed by atoms with E-state index in [2.05, 4.69) is 11.8 Å². The molecule has 0 bridgehead atoms. The summed E-state index contributed by atoms with van der Waals surface area (Å²) in [7, 11) is 0. The zero-order valence-corrected chi connectivity index (χ0v) is 17.5. The molecule has 1 amide bonds. The molecule has 1 aliphatic rings. The predicted molar refractivity (Wildman–Crippen MR) is 103 cm³/mol. The molecule has 0 saturated carbocycles. The molecule has 1 unspecified atom stereocenters. The minimum Gasteiger partial charge on any atom is -0.444 e. The molecule has 4 nitrogen and oxygen atoms in total. The Balaban J connectivity index is 2.15. The van der Waals surface area contributed by atoms with Crippen LogP contribution in [0.1, 0.15) is 65.1 Å². The van der Waals surface area contributed by atoms with Gasteiger partial charge in [-0.25, -0.2) is 4.79 Å². The number of amides is 1. The Morgan fingerprint density at radius 3 is 2.21 bits per heavy atom. The van der Waals surface area contributed by atoms with Gasteiger partial charge in [-0.2, -0.15) is 13.2 Å². The third-order valence-electron chi connectivity index (χ3n) is 5.20. The zero-order chi connectivity index (χ0) is 21.3. The fraction of sp³-hybridized carbons (Fsp3) is 0.667. The second-order valence-corrected chi connectivity index (χ2v) is 8.54. The van der Waals surface area contributed by atoms with Crippen molar-refractivity contribution >= 4 is 6.09 Å². The highest BCUT2D eigenvalue weighted by Crippen LogP contribution is 2.33. The van der Waals surface area contributed by atoms with Gasteiger partial charge in [-0.05, 0) is 58.7 Å². The SMILES string of the molecule is CC[C@@H]1CN(C(=O)OC(C)(C)C)[C@@H](C)CN1C(C)c1ccc(C(F)(F)F)cc1. The average molecular weight is 400 g/mol. The minimum atomic E-state index is -4.33. The van der Waals surface area contributed by atoms with Crippen molar-refractivity contribution in [3.05, 3.63) is 35.4 Å². The molecule has 1 aliphatic heterocycles. The van der Waals surface area contributed by atoms with Crippen molar-refractivity contribution in [2.45, 2.75) is 77.9 Å². The smallest absolute Gasteiger partial charge is 0.416 e. The van der Waals surface area contributed by atoms with E-state index in [4.69, 9.17) is 4.74 Å². The van der Waals surface area contributed by atoms with Crippen LogP contribution in [0, 0.1) is 0 Å². The summed E-state index contributed by atoms with van der Waals surface area (Å²) in [4.78, 5) is 16.6. The third-order valence-corrected chi connectivity index (χ3v) is 5.20. The minimum absolute atomic E-state index is 0.0459. The highest BCUT2D eigenvalue weighted by atomic mass is 19.4. The molecular formula is C21H31F3N2O2. The van der Waals surface area contributed by atoms with Crippen molar-refractivity contribution in [2.24, 2.45) is 0 Å². The number of carbonyl (C=O) groups is 1. The van der Waals surface area contributed by atoms with Gasteiger partial charge in [0, 0.05) is 31.2 Å². The molecule has 0 N–H and O–H groups in total. The Morgan fingerprint density at radius 2 is 1.75 bits per heavy atom. The first-order chi connectivity index (χ1) is 12.8. The van der Waals surface area contributed by atoms with E-state index in [0.29, 0.717) is 13.1 Å². The Hall–Kier alpha value is -1.76. The summed E-state index contributed by atoms with van der Waals surface area (Å²) in [6.45, 7) is 12.7. The van der Waals surface area contributed by atoms with Crippen molar-refractivity contribution in [3.8, 4) is 0 Å². The standard InChI is InChI=1S/C21H31F3N2O2/c1-7-18-13-25(19(27)28-20(4,5)6)14(2)12-26(18)15(3)16-8-10-17(11-9-16)21(22,23)24/h8-11,14-15,18H,7,12-13H2,1-6H3/t14-,15?,18+/m0/s1. The molecule has 1 heterocycles. The summed E-state index contributed by atoms with van der Waals surface area (Å²) in [6.07, 6.45) is -3.82. The quantitative estimate of drug-likeness (QED) is 0.673. The first-order valence-electron chi connectivity index (χ1n) is 9.76. The van der Waals surface area contributed by atoms with Crippen molar-refractivity contribution in [1.29, 1.82) is 0 Å². The maximum Gasteiger partial charge on any atom is 0.416 e. The van der Waals surface area contributed by atoms with Gasteiger partial charge in [0.1, 0.15) is 5.60 Å². The Bertz CT molecular complexity index is 668. The fourth-order valence-corrected chi connectivity index (χ4v) is 3.62. The Kier molecular flexibility index (Phi) is 6.69. The normalized spacial score (nSPS) is 22.8. The van der Waals surface area contributed by atoms with Gasteiger partial charge >= 0.3 is 12.3 Å². The molecule has 0 spiro atoms. The number of benzene rings is 1. The van der Waals surface area contributed by atoms with Crippen molar-refractivity contribution in [3.63, 3.8) is 0 Å². The molecule has 28 heavy (non-hydrogen) atoms. The number of ether oxygens (including phenoxy) is 1. The lowest BCUT2D eigenvalue weighted by Crippen LogP contribution is -2.59. The highest BCUT2D eigenvalue weighted by Gasteiger charge is 2.38. The van der Waals surface area contributed by atoms with Crippen LogP contribution in [0.3, 0.4) is 0 Å². The van der Waals surface area contributed by atoms with Crippen molar-refractivity contribution < 1.29 is 22.7 Å². The number of alkyl halides is 3. The van der Waals surface area contributed by atoms with Crippen LogP contribution in [0.4, 0.5) is 18.0 Å². The molecule has 1 aromatic rings. The molecule has 3 atom stereocenters. The second-order valence-electron chi connectivity index (χ2n) is 8.54. The van der Waals surface area contributed by atoms with Crippen LogP contribution < -0.4 is 0 Å². The fourth-order valence-electron chi connectivity index (χ4n) is 3.62. The molecule has 0 radical (unpaired) electrons. The Labute approximate surface area is 165 Å². The monoisotopic (exact) mass is 400 g/mol. The van der Waals surface area contributed by atoms with Crippen LogP contribution in [-0.4, -0.2) is 46.7 Å². The second kappa shape index (κ2) is 8.31. The van der Waals surface area contributed by atoms with E-state index in [1.807, 2.05) is 34.6 Å². The molecule has 1 fully saturated rings. The summed E-state index contributed by atoms with van der Waals surface area (Å²) in [5, 5.41) is 0. The van der Waals surface area contributed by atoms with Gasteiger partial charge in [0.15, 0.2) is 0 Å². The van der Waals surface area contributed by atoms with E-state index >= 15 is 0 Å². The third kappa shape index (κ3) is 5.40. The van der Waals surface area contributed by atoms with E-state index in [1.165, 1.54) is 0 Å². The number of piperazine rings is 1. The summed E-state index contributed by atoms with van der Waals surface area (Å²) < 4.78 is 44.0. The van der Waals surface area contributed by atoms with Gasteiger partial charge in [-0.15, -0.1) is 0 Å². The van der Waals surface area contributed by atoms with E-state index in [-0.39, 0.29) is 24.2 Å². The first kappa shape index (κ1) is 22.5. The molecule has 158 valence electrons. The number of hydrogen-bond acceptors (Lipinski definition) is 3. The lowest BCUT2D eigenvalue weighted by molar-refractivity contribution is -0.137. The van der Waals surface area contributed by atoms with E-state index in [0.717, 1.165) is 24.1 Å². The van der Waals surface area contributed by atoms with Crippen molar-refractivity contribution in [1.82, 2.24) is 9.80 Å². The van der Waals surface area contributed by atoms with E-state index < -0.39 is 17.3 Å². The van der Waals surface area contributed by atoms with Crippen LogP contribution in [0.2, 0.25) is 0 Å². The first-order valence-corrected chi connectivity index (χ1v) is 9.76. The van der Waals surface area contributed by atoms with Crippen LogP contribution in [-0.2, 0) is 10.9 Å². The van der Waals surface area contributed by atoms with Crippen LogP contribution in [0.25, 0.3) is 0 Å². The maximum atomic E-state index is 12.8. The van der Waals surface area contributed by atoms with Crippen LogP contribution >= 0.6 is 0 Å². The van der Waals surface area contributed by atoms with Gasteiger partial charge in [-0.3, -0.25) is 4.90 Å². The van der Waals surface area contributed by atoms with Gasteiger partial charge < -0.3 is 9.64 Å². The summed E-state index contributed by atoms with van der Waals surface area (Å²) >= 11 is 0. The van der Waals surface area contributed by atoms with Gasteiger partial charge in [0.25, 0.3) is 0 Å². The molecule has 7 heteroatoms. The molecule has 0 aromatic heterocycles. The van der Waals surface area contributed by atoms with E-state index in [1.54, 1.807) is 17.0 Å². The lowest BCUT2D eigenvalue weighted by atomic mass is 9.98. The molecule has 2 rings (SSSR count). The van der Waals surface area contributed by atoms with Crippen LogP contribution in [0.15, 0.2) is 24.3 Å². The summed E-state index contributed by atoms with van der Waals surface area (Å²) in [6, 6.07) is 5.38. The number of rotatable bonds is 3. The molecule has 0 aliphatic carbocycles. The Morgan fingerprint density at radius 1 is 1.18 bits per heavy atom. The number of halogens is 3. The van der Waals surface area contributed by atoms with Gasteiger partial charge in [0.05, 0.1) is 5.56 Å². The lowest BCUT2D eigenvalue weighted by Gasteiger charge is -2.47. The number of hydrogen-bond donors (Lipinski definition) is 0. The highest BCUT2D eigenvalue weighted by molar-refractivity contribution is 5.68. The topological polar surface area (TPSA) is 32.8 Å². The summed E-state index contributed by atoms with van der Waals surface area (Å²) in [5.41, 5.74) is -0.355. The molecular weight excluding hydrogens is 369 g/mol. The van der Waals surface area contributed by atoms with Gasteiger partial charge in [-0.1, -0.05) is 19.1 Å². The number of nitrogens with zero attached hydrogens (tertiary/aromatic N) is 2. The van der Waals surface area contributed by atoms with Crippen molar-refractivity contribution in [2.75, 3.05) is 13.1 Å². The van der Waals surface area contributed by atoms with Crippen LogP contribution in [0.5, 0.6) is 0 Å². The largest absolute Gasteiger partial charge is 0.444 e. The molecule has 1 aromatic carbocycles. The maximum absolute atomic E-state index is 12.8. The van der Waals surface area contributed by atoms with Gasteiger partial charge in [0.2, 0.25) is 0 Å². The predicted octanol–water partition coefficient (Wildman–Crippen LogP) is 5.49. The average Bonchev–Trinajstić information content (AvgIpc) is 2.58.